The van der Waals surface area contributed by atoms with Crippen molar-refractivity contribution in [2.45, 2.75) is 11.3 Å². The SMILES string of the molecule is N#CSc1ccc(N)c(C#CCCN=[N+]=[N-])c1. The molecule has 0 spiro atoms. The van der Waals surface area contributed by atoms with Crippen molar-refractivity contribution in [3.8, 4) is 17.2 Å². The predicted molar refractivity (Wildman–Crippen MR) is 67.8 cm³/mol. The van der Waals surface area contributed by atoms with Crippen molar-refractivity contribution in [2.24, 2.45) is 5.11 Å². The molecule has 0 bridgehead atoms. The first-order valence-corrected chi connectivity index (χ1v) is 5.54. The predicted octanol–water partition coefficient (Wildman–Crippen LogP) is 2.89. The topological polar surface area (TPSA) is 98.6 Å². The fourth-order valence-electron chi connectivity index (χ4n) is 1.07. The Morgan fingerprint density at radius 2 is 2.35 bits per heavy atom. The number of nitrogens with zero attached hydrogens (tertiary/aromatic N) is 4. The molecule has 0 atom stereocenters. The van der Waals surface area contributed by atoms with E-state index in [-0.39, 0.29) is 0 Å². The van der Waals surface area contributed by atoms with E-state index in [0.29, 0.717) is 24.2 Å². The minimum atomic E-state index is 0.343. The number of thioether (sulfide) groups is 1. The highest BCUT2D eigenvalue weighted by molar-refractivity contribution is 8.03. The van der Waals surface area contributed by atoms with E-state index in [2.05, 4.69) is 21.9 Å². The summed E-state index contributed by atoms with van der Waals surface area (Å²) in [6.45, 7) is 0.343. The van der Waals surface area contributed by atoms with E-state index in [0.717, 1.165) is 16.7 Å². The maximum Gasteiger partial charge on any atom is 0.138 e. The summed E-state index contributed by atoms with van der Waals surface area (Å²) in [6.07, 6.45) is 0.485. The average molecular weight is 243 g/mol. The number of nitrogens with two attached hydrogens (primary N) is 1. The average Bonchev–Trinajstić information content (AvgIpc) is 2.33. The maximum absolute atomic E-state index is 8.55. The zero-order valence-electron chi connectivity index (χ0n) is 8.92. The zero-order chi connectivity index (χ0) is 12.5. The molecular weight excluding hydrogens is 234 g/mol. The second kappa shape index (κ2) is 7.08. The molecule has 0 amide bonds. The second-order valence-electron chi connectivity index (χ2n) is 2.95. The lowest BCUT2D eigenvalue weighted by atomic mass is 10.2. The lowest BCUT2D eigenvalue weighted by Gasteiger charge is -1.99. The molecule has 0 aliphatic heterocycles. The number of rotatable bonds is 3. The van der Waals surface area contributed by atoms with E-state index < -0.39 is 0 Å². The number of hydrogen-bond acceptors (Lipinski definition) is 4. The Morgan fingerprint density at radius 1 is 1.53 bits per heavy atom. The third kappa shape index (κ3) is 4.40. The van der Waals surface area contributed by atoms with Crippen molar-refractivity contribution >= 4 is 17.4 Å². The first-order valence-electron chi connectivity index (χ1n) is 4.73. The molecule has 0 fully saturated rings. The number of benzene rings is 1. The van der Waals surface area contributed by atoms with Gasteiger partial charge in [-0.25, -0.2) is 0 Å². The van der Waals surface area contributed by atoms with Gasteiger partial charge in [-0.3, -0.25) is 0 Å². The van der Waals surface area contributed by atoms with Crippen LogP contribution >= 0.6 is 11.8 Å². The van der Waals surface area contributed by atoms with Gasteiger partial charge in [-0.15, -0.1) is 0 Å². The largest absolute Gasteiger partial charge is 0.398 e. The van der Waals surface area contributed by atoms with Gasteiger partial charge in [-0.1, -0.05) is 17.0 Å². The molecule has 1 aromatic carbocycles. The van der Waals surface area contributed by atoms with E-state index in [4.69, 9.17) is 16.5 Å². The van der Waals surface area contributed by atoms with Gasteiger partial charge in [-0.05, 0) is 35.5 Å². The first kappa shape index (κ1) is 12.8. The quantitative estimate of drug-likeness (QED) is 0.129. The van der Waals surface area contributed by atoms with Crippen molar-refractivity contribution in [1.29, 1.82) is 5.26 Å². The summed E-state index contributed by atoms with van der Waals surface area (Å²) in [6, 6.07) is 5.26. The van der Waals surface area contributed by atoms with Crippen molar-refractivity contribution in [1.82, 2.24) is 0 Å². The van der Waals surface area contributed by atoms with Gasteiger partial charge in [0.1, 0.15) is 5.40 Å². The Hall–Kier alpha value is -2.27. The lowest BCUT2D eigenvalue weighted by molar-refractivity contribution is 1.01. The highest BCUT2D eigenvalue weighted by Gasteiger charge is 1.98. The Balaban J connectivity index is 2.78. The molecule has 5 nitrogen and oxygen atoms in total. The summed E-state index contributed by atoms with van der Waals surface area (Å²) in [7, 11) is 0. The molecular formula is C11H9N5S. The third-order valence-electron chi connectivity index (χ3n) is 1.81. The third-order valence-corrected chi connectivity index (χ3v) is 2.39. The van der Waals surface area contributed by atoms with Crippen LogP contribution in [0.15, 0.2) is 28.2 Å². The Kier molecular flexibility index (Phi) is 5.33. The molecule has 17 heavy (non-hydrogen) atoms. The lowest BCUT2D eigenvalue weighted by Crippen LogP contribution is -1.90. The molecule has 84 valence electrons. The van der Waals surface area contributed by atoms with E-state index in [1.807, 2.05) is 5.40 Å². The molecule has 0 saturated carbocycles. The fraction of sp³-hybridized carbons (Fsp3) is 0.182. The number of hydrogen-bond donors (Lipinski definition) is 1. The van der Waals surface area contributed by atoms with E-state index in [1.165, 1.54) is 0 Å². The van der Waals surface area contributed by atoms with Crippen LogP contribution in [0.25, 0.3) is 10.4 Å². The van der Waals surface area contributed by atoms with Gasteiger partial charge in [-0.2, -0.15) is 5.26 Å². The summed E-state index contributed by atoms with van der Waals surface area (Å²) in [5.41, 5.74) is 15.1. The number of nitriles is 1. The van der Waals surface area contributed by atoms with E-state index >= 15 is 0 Å². The van der Waals surface area contributed by atoms with Crippen LogP contribution in [0.2, 0.25) is 0 Å². The van der Waals surface area contributed by atoms with Gasteiger partial charge >= 0.3 is 0 Å². The minimum absolute atomic E-state index is 0.343. The molecule has 1 aromatic rings. The van der Waals surface area contributed by atoms with Crippen molar-refractivity contribution in [3.63, 3.8) is 0 Å². The first-order chi connectivity index (χ1) is 8.27. The van der Waals surface area contributed by atoms with Crippen LogP contribution in [-0.4, -0.2) is 6.54 Å². The standard InChI is InChI=1S/C11H9N5S/c12-8-17-10-4-5-11(13)9(7-10)3-1-2-6-15-16-14/h4-5,7H,2,6,13H2. The summed E-state index contributed by atoms with van der Waals surface area (Å²) in [5.74, 6) is 5.75. The Labute approximate surface area is 103 Å². The van der Waals surface area contributed by atoms with E-state index in [1.54, 1.807) is 18.2 Å². The molecule has 0 saturated heterocycles. The molecule has 0 radical (unpaired) electrons. The molecule has 0 unspecified atom stereocenters. The van der Waals surface area contributed by atoms with Crippen LogP contribution in [0.5, 0.6) is 0 Å². The van der Waals surface area contributed by atoms with Gasteiger partial charge in [0, 0.05) is 34.0 Å². The summed E-state index contributed by atoms with van der Waals surface area (Å²) >= 11 is 1.06. The van der Waals surface area contributed by atoms with Gasteiger partial charge in [0.15, 0.2) is 0 Å². The molecule has 6 heteroatoms. The van der Waals surface area contributed by atoms with Crippen molar-refractivity contribution < 1.29 is 0 Å². The molecule has 0 aliphatic rings. The summed E-state index contributed by atoms with van der Waals surface area (Å²) in [5, 5.41) is 13.9. The van der Waals surface area contributed by atoms with Crippen LogP contribution in [0.3, 0.4) is 0 Å². The number of azide groups is 1. The van der Waals surface area contributed by atoms with Crippen LogP contribution in [-0.2, 0) is 0 Å². The van der Waals surface area contributed by atoms with Gasteiger partial charge in [0.05, 0.1) is 0 Å². The van der Waals surface area contributed by atoms with Crippen LogP contribution in [0, 0.1) is 22.5 Å². The number of thiocyanates is 1. The normalized spacial score (nSPS) is 8.41. The molecule has 0 aliphatic carbocycles. The van der Waals surface area contributed by atoms with Crippen molar-refractivity contribution in [2.75, 3.05) is 12.3 Å². The Bertz CT molecular complexity index is 543. The monoisotopic (exact) mass is 243 g/mol. The molecule has 2 N–H and O–H groups in total. The van der Waals surface area contributed by atoms with E-state index in [9.17, 15) is 0 Å². The fourth-order valence-corrected chi connectivity index (χ4v) is 1.49. The highest BCUT2D eigenvalue weighted by atomic mass is 32.2. The van der Waals surface area contributed by atoms with Gasteiger partial charge in [0.2, 0.25) is 0 Å². The van der Waals surface area contributed by atoms with Gasteiger partial charge < -0.3 is 5.73 Å². The Morgan fingerprint density at radius 3 is 3.06 bits per heavy atom. The second-order valence-corrected chi connectivity index (χ2v) is 3.81. The molecule has 1 rings (SSSR count). The van der Waals surface area contributed by atoms with Crippen LogP contribution in [0.4, 0.5) is 5.69 Å². The smallest absolute Gasteiger partial charge is 0.138 e. The van der Waals surface area contributed by atoms with Crippen LogP contribution < -0.4 is 5.73 Å². The summed E-state index contributed by atoms with van der Waals surface area (Å²) in [4.78, 5) is 3.44. The summed E-state index contributed by atoms with van der Waals surface area (Å²) < 4.78 is 0. The number of anilines is 1. The van der Waals surface area contributed by atoms with Crippen molar-refractivity contribution in [3.05, 3.63) is 34.2 Å². The molecule has 0 heterocycles. The molecule has 0 aromatic heterocycles. The highest BCUT2D eigenvalue weighted by Crippen LogP contribution is 2.21. The number of nitrogen functional groups attached to an aromatic ring is 1. The van der Waals surface area contributed by atoms with Gasteiger partial charge in [0.25, 0.3) is 0 Å². The maximum atomic E-state index is 8.55. The van der Waals surface area contributed by atoms with Crippen LogP contribution in [0.1, 0.15) is 12.0 Å². The minimum Gasteiger partial charge on any atom is -0.398 e. The zero-order valence-corrected chi connectivity index (χ0v) is 9.74.